The van der Waals surface area contributed by atoms with Gasteiger partial charge in [-0.3, -0.25) is 0 Å². The highest BCUT2D eigenvalue weighted by molar-refractivity contribution is 8.00. The number of sulfone groups is 1. The monoisotopic (exact) mass is 274 g/mol. The van der Waals surface area contributed by atoms with Gasteiger partial charge in [-0.1, -0.05) is 0 Å². The topological polar surface area (TPSA) is 59.1 Å². The first-order valence-corrected chi connectivity index (χ1v) is 8.41. The van der Waals surface area contributed by atoms with Crippen molar-refractivity contribution in [2.75, 3.05) is 24.8 Å². The van der Waals surface area contributed by atoms with Crippen LogP contribution < -0.4 is 5.32 Å². The third kappa shape index (κ3) is 5.52. The van der Waals surface area contributed by atoms with Crippen molar-refractivity contribution in [3.8, 4) is 0 Å². The van der Waals surface area contributed by atoms with Crippen LogP contribution in [0.25, 0.3) is 0 Å². The Hall–Kier alpha value is -0.590. The van der Waals surface area contributed by atoms with Crippen molar-refractivity contribution >= 4 is 21.6 Å². The van der Waals surface area contributed by atoms with Crippen molar-refractivity contribution in [3.63, 3.8) is 0 Å². The van der Waals surface area contributed by atoms with E-state index < -0.39 is 9.84 Å². The van der Waals surface area contributed by atoms with Crippen LogP contribution in [0.2, 0.25) is 0 Å². The van der Waals surface area contributed by atoms with Crippen LogP contribution in [0.3, 0.4) is 0 Å². The van der Waals surface area contributed by atoms with Gasteiger partial charge in [-0.05, 0) is 31.7 Å². The molecule has 4 nitrogen and oxygen atoms in total. The van der Waals surface area contributed by atoms with Gasteiger partial charge in [-0.25, -0.2) is 13.4 Å². The maximum Gasteiger partial charge on any atom is 0.148 e. The van der Waals surface area contributed by atoms with Crippen LogP contribution in [0.5, 0.6) is 0 Å². The van der Waals surface area contributed by atoms with Crippen LogP contribution in [0.15, 0.2) is 23.4 Å². The Bertz CT molecular complexity index is 460. The summed E-state index contributed by atoms with van der Waals surface area (Å²) in [5.41, 5.74) is 1.16. The number of hydrogen-bond acceptors (Lipinski definition) is 5. The first-order valence-electron chi connectivity index (χ1n) is 5.36. The highest BCUT2D eigenvalue weighted by Gasteiger charge is 2.06. The predicted molar refractivity (Wildman–Crippen MR) is 72.1 cm³/mol. The molecule has 0 saturated heterocycles. The summed E-state index contributed by atoms with van der Waals surface area (Å²) in [6, 6.07) is 4.22. The highest BCUT2D eigenvalue weighted by atomic mass is 32.2. The smallest absolute Gasteiger partial charge is 0.148 e. The molecule has 17 heavy (non-hydrogen) atoms. The largest absolute Gasteiger partial charge is 0.313 e. The lowest BCUT2D eigenvalue weighted by atomic mass is 10.1. The van der Waals surface area contributed by atoms with Gasteiger partial charge in [0.15, 0.2) is 0 Å². The van der Waals surface area contributed by atoms with Gasteiger partial charge < -0.3 is 5.32 Å². The Morgan fingerprint density at radius 1 is 1.53 bits per heavy atom. The van der Waals surface area contributed by atoms with E-state index in [1.807, 2.05) is 19.2 Å². The summed E-state index contributed by atoms with van der Waals surface area (Å²) in [6.07, 6.45) is 3.01. The van der Waals surface area contributed by atoms with Crippen LogP contribution in [-0.4, -0.2) is 38.2 Å². The van der Waals surface area contributed by atoms with Crippen LogP contribution in [-0.2, 0) is 9.84 Å². The molecule has 0 radical (unpaired) electrons. The molecule has 0 fully saturated rings. The Kier molecular flexibility index (Phi) is 5.42. The molecule has 6 heteroatoms. The van der Waals surface area contributed by atoms with Crippen LogP contribution >= 0.6 is 11.8 Å². The fraction of sp³-hybridized carbons (Fsp3) is 0.545. The average Bonchev–Trinajstić information content (AvgIpc) is 2.27. The van der Waals surface area contributed by atoms with Crippen molar-refractivity contribution in [1.29, 1.82) is 0 Å². The Balaban J connectivity index is 2.60. The van der Waals surface area contributed by atoms with Gasteiger partial charge >= 0.3 is 0 Å². The molecule has 1 atom stereocenters. The number of nitrogens with zero attached hydrogens (tertiary/aromatic N) is 1. The van der Waals surface area contributed by atoms with Crippen LogP contribution in [0.4, 0.5) is 0 Å². The lowest BCUT2D eigenvalue weighted by Crippen LogP contribution is -2.12. The van der Waals surface area contributed by atoms with Gasteiger partial charge in [-0.2, -0.15) is 0 Å². The molecule has 0 aliphatic rings. The molecular formula is C11H18N2O2S2. The summed E-state index contributed by atoms with van der Waals surface area (Å²) in [5.74, 6) is 0.731. The fourth-order valence-corrected chi connectivity index (χ4v) is 3.35. The normalized spacial score (nSPS) is 13.6. The third-order valence-electron chi connectivity index (χ3n) is 2.40. The summed E-state index contributed by atoms with van der Waals surface area (Å²) in [7, 11) is -0.982. The first kappa shape index (κ1) is 14.5. The van der Waals surface area contributed by atoms with Gasteiger partial charge in [0.1, 0.15) is 9.84 Å². The summed E-state index contributed by atoms with van der Waals surface area (Å²) in [6.45, 7) is 2.07. The molecule has 0 aliphatic carbocycles. The van der Waals surface area contributed by atoms with Gasteiger partial charge in [0.2, 0.25) is 0 Å². The van der Waals surface area contributed by atoms with E-state index in [1.54, 1.807) is 6.20 Å². The molecule has 1 rings (SSSR count). The van der Waals surface area contributed by atoms with Crippen LogP contribution in [0, 0.1) is 0 Å². The van der Waals surface area contributed by atoms with E-state index in [-0.39, 0.29) is 11.8 Å². The minimum atomic E-state index is -2.89. The van der Waals surface area contributed by atoms with Crippen molar-refractivity contribution in [3.05, 3.63) is 23.9 Å². The van der Waals surface area contributed by atoms with E-state index in [1.165, 1.54) is 18.0 Å². The van der Waals surface area contributed by atoms with Crippen molar-refractivity contribution in [1.82, 2.24) is 10.3 Å². The first-order chi connectivity index (χ1) is 7.92. The second-order valence-corrected chi connectivity index (χ2v) is 7.29. The summed E-state index contributed by atoms with van der Waals surface area (Å²) < 4.78 is 22.0. The summed E-state index contributed by atoms with van der Waals surface area (Å²) in [4.78, 5) is 4.22. The van der Waals surface area contributed by atoms with Gasteiger partial charge in [-0.15, -0.1) is 11.8 Å². The maximum atomic E-state index is 11.0. The molecule has 0 bridgehead atoms. The fourth-order valence-electron chi connectivity index (χ4n) is 1.24. The molecule has 0 spiro atoms. The molecule has 1 heterocycles. The Labute approximate surface area is 107 Å². The third-order valence-corrected chi connectivity index (χ3v) is 4.53. The number of pyridine rings is 1. The molecule has 0 amide bonds. The molecular weight excluding hydrogens is 256 g/mol. The predicted octanol–water partition coefficient (Wildman–Crippen LogP) is 1.50. The summed E-state index contributed by atoms with van der Waals surface area (Å²) in [5, 5.41) is 4.02. The molecule has 1 unspecified atom stereocenters. The molecule has 96 valence electrons. The zero-order chi connectivity index (χ0) is 12.9. The SMILES string of the molecule is CNC(C)c1ccnc(SCCS(C)(=O)=O)c1. The van der Waals surface area contributed by atoms with E-state index in [0.29, 0.717) is 5.75 Å². The minimum absolute atomic E-state index is 0.186. The van der Waals surface area contributed by atoms with E-state index >= 15 is 0 Å². The standard InChI is InChI=1S/C11H18N2O2S2/c1-9(12-2)10-4-5-13-11(8-10)16-6-7-17(3,14)15/h4-5,8-9,12H,6-7H2,1-3H3. The molecule has 1 N–H and O–H groups in total. The number of rotatable bonds is 6. The van der Waals surface area contributed by atoms with E-state index in [9.17, 15) is 8.42 Å². The zero-order valence-electron chi connectivity index (χ0n) is 10.3. The van der Waals surface area contributed by atoms with Gasteiger partial charge in [0, 0.05) is 24.2 Å². The number of aromatic nitrogens is 1. The van der Waals surface area contributed by atoms with Gasteiger partial charge in [0.25, 0.3) is 0 Å². The molecule has 0 saturated carbocycles. The molecule has 0 aliphatic heterocycles. The van der Waals surface area contributed by atoms with Crippen molar-refractivity contribution in [2.45, 2.75) is 18.0 Å². The number of hydrogen-bond donors (Lipinski definition) is 1. The second-order valence-electron chi connectivity index (χ2n) is 3.92. The number of thioether (sulfide) groups is 1. The van der Waals surface area contributed by atoms with E-state index in [2.05, 4.69) is 17.2 Å². The molecule has 1 aromatic heterocycles. The molecule has 1 aromatic rings. The van der Waals surface area contributed by atoms with Crippen molar-refractivity contribution in [2.24, 2.45) is 0 Å². The summed E-state index contributed by atoms with van der Waals surface area (Å²) >= 11 is 1.47. The van der Waals surface area contributed by atoms with Crippen molar-refractivity contribution < 1.29 is 8.42 Å². The average molecular weight is 274 g/mol. The maximum absolute atomic E-state index is 11.0. The minimum Gasteiger partial charge on any atom is -0.313 e. The van der Waals surface area contributed by atoms with Crippen LogP contribution in [0.1, 0.15) is 18.5 Å². The lowest BCUT2D eigenvalue weighted by Gasteiger charge is -2.11. The second kappa shape index (κ2) is 6.37. The van der Waals surface area contributed by atoms with E-state index in [0.717, 1.165) is 10.6 Å². The quantitative estimate of drug-likeness (QED) is 0.797. The zero-order valence-corrected chi connectivity index (χ0v) is 11.9. The Morgan fingerprint density at radius 2 is 2.24 bits per heavy atom. The lowest BCUT2D eigenvalue weighted by molar-refractivity contribution is 0.603. The highest BCUT2D eigenvalue weighted by Crippen LogP contribution is 2.19. The van der Waals surface area contributed by atoms with Gasteiger partial charge in [0.05, 0.1) is 10.8 Å². The number of nitrogens with one attached hydrogen (secondary N) is 1. The molecule has 0 aromatic carbocycles. The Morgan fingerprint density at radius 3 is 2.82 bits per heavy atom. The van der Waals surface area contributed by atoms with E-state index in [4.69, 9.17) is 0 Å².